The standard InChI is InChI=1S/C19H25N5O2S/c1-13-11-16(14(2)24(13)19-20-5-10-27-19)18(26)23-8-6-22(7-9-23)12-17(25)21-15-3-4-15/h5,10-11,15H,3-4,6-9,12H2,1-2H3,(H,21,25). The molecule has 0 aromatic carbocycles. The largest absolute Gasteiger partial charge is 0.352 e. The van der Waals surface area contributed by atoms with Crippen molar-refractivity contribution in [2.45, 2.75) is 32.7 Å². The molecule has 0 bridgehead atoms. The van der Waals surface area contributed by atoms with Gasteiger partial charge in [0, 0.05) is 55.2 Å². The Bertz CT molecular complexity index is 833. The van der Waals surface area contributed by atoms with Crippen LogP contribution in [0.1, 0.15) is 34.6 Å². The molecule has 2 amide bonds. The molecule has 8 heteroatoms. The van der Waals surface area contributed by atoms with E-state index >= 15 is 0 Å². The number of piperazine rings is 1. The Balaban J connectivity index is 1.38. The molecule has 0 radical (unpaired) electrons. The summed E-state index contributed by atoms with van der Waals surface area (Å²) in [4.78, 5) is 33.4. The number of hydrogen-bond acceptors (Lipinski definition) is 5. The molecule has 1 saturated carbocycles. The highest BCUT2D eigenvalue weighted by molar-refractivity contribution is 7.12. The summed E-state index contributed by atoms with van der Waals surface area (Å²) in [5.41, 5.74) is 2.68. The van der Waals surface area contributed by atoms with E-state index in [9.17, 15) is 9.59 Å². The van der Waals surface area contributed by atoms with Gasteiger partial charge in [0.05, 0.1) is 12.1 Å². The van der Waals surface area contributed by atoms with Crippen LogP contribution in [-0.2, 0) is 4.79 Å². The van der Waals surface area contributed by atoms with Crippen molar-refractivity contribution in [1.29, 1.82) is 0 Å². The molecular weight excluding hydrogens is 362 g/mol. The van der Waals surface area contributed by atoms with Crippen molar-refractivity contribution < 1.29 is 9.59 Å². The molecule has 2 fully saturated rings. The predicted octanol–water partition coefficient (Wildman–Crippen LogP) is 1.59. The van der Waals surface area contributed by atoms with Gasteiger partial charge in [-0.25, -0.2) is 4.98 Å². The minimum atomic E-state index is 0.0630. The summed E-state index contributed by atoms with van der Waals surface area (Å²) < 4.78 is 2.04. The van der Waals surface area contributed by atoms with Crippen LogP contribution >= 0.6 is 11.3 Å². The van der Waals surface area contributed by atoms with E-state index in [1.807, 2.05) is 34.8 Å². The summed E-state index contributed by atoms with van der Waals surface area (Å²) in [7, 11) is 0. The van der Waals surface area contributed by atoms with Gasteiger partial charge in [-0.15, -0.1) is 11.3 Å². The van der Waals surface area contributed by atoms with Crippen LogP contribution in [0, 0.1) is 13.8 Å². The quantitative estimate of drug-likeness (QED) is 0.846. The average molecular weight is 388 g/mol. The highest BCUT2D eigenvalue weighted by atomic mass is 32.1. The van der Waals surface area contributed by atoms with Crippen LogP contribution < -0.4 is 5.32 Å². The Kier molecular flexibility index (Phi) is 5.01. The Morgan fingerprint density at radius 3 is 2.59 bits per heavy atom. The predicted molar refractivity (Wildman–Crippen MR) is 104 cm³/mol. The fraction of sp³-hybridized carbons (Fsp3) is 0.526. The molecule has 7 nitrogen and oxygen atoms in total. The molecule has 1 N–H and O–H groups in total. The van der Waals surface area contributed by atoms with Crippen LogP contribution in [-0.4, -0.2) is 69.9 Å². The summed E-state index contributed by atoms with van der Waals surface area (Å²) >= 11 is 1.56. The molecule has 0 unspecified atom stereocenters. The number of amides is 2. The molecule has 3 heterocycles. The Morgan fingerprint density at radius 2 is 1.96 bits per heavy atom. The summed E-state index contributed by atoms with van der Waals surface area (Å²) in [6, 6.07) is 2.35. The summed E-state index contributed by atoms with van der Waals surface area (Å²) in [6.07, 6.45) is 3.99. The third kappa shape index (κ3) is 3.91. The van der Waals surface area contributed by atoms with Gasteiger partial charge in [-0.3, -0.25) is 19.1 Å². The maximum absolute atomic E-state index is 13.0. The fourth-order valence-corrected chi connectivity index (χ4v) is 4.34. The first-order valence-corrected chi connectivity index (χ1v) is 10.3. The zero-order valence-corrected chi connectivity index (χ0v) is 16.6. The van der Waals surface area contributed by atoms with E-state index in [4.69, 9.17) is 0 Å². The summed E-state index contributed by atoms with van der Waals surface area (Å²) in [6.45, 7) is 7.16. The van der Waals surface area contributed by atoms with Crippen LogP contribution in [0.3, 0.4) is 0 Å². The van der Waals surface area contributed by atoms with Crippen LogP contribution in [0.15, 0.2) is 17.6 Å². The van der Waals surface area contributed by atoms with Gasteiger partial charge >= 0.3 is 0 Å². The van der Waals surface area contributed by atoms with Gasteiger partial charge in [0.15, 0.2) is 5.13 Å². The molecule has 144 valence electrons. The SMILES string of the molecule is Cc1cc(C(=O)N2CCN(CC(=O)NC3CC3)CC2)c(C)n1-c1nccs1. The number of rotatable bonds is 5. The van der Waals surface area contributed by atoms with Crippen molar-refractivity contribution >= 4 is 23.2 Å². The number of nitrogens with one attached hydrogen (secondary N) is 1. The molecule has 0 spiro atoms. The first-order valence-electron chi connectivity index (χ1n) is 9.42. The van der Waals surface area contributed by atoms with Crippen molar-refractivity contribution in [2.75, 3.05) is 32.7 Å². The maximum atomic E-state index is 13.0. The first-order chi connectivity index (χ1) is 13.0. The van der Waals surface area contributed by atoms with Gasteiger partial charge in [-0.1, -0.05) is 0 Å². The molecule has 1 aliphatic heterocycles. The van der Waals surface area contributed by atoms with E-state index in [0.29, 0.717) is 25.7 Å². The Hall–Kier alpha value is -2.19. The van der Waals surface area contributed by atoms with Crippen LogP contribution in [0.5, 0.6) is 0 Å². The van der Waals surface area contributed by atoms with Crippen molar-refractivity contribution in [1.82, 2.24) is 24.7 Å². The second-order valence-electron chi connectivity index (χ2n) is 7.35. The summed E-state index contributed by atoms with van der Waals surface area (Å²) in [5, 5.41) is 5.85. The number of hydrogen-bond donors (Lipinski definition) is 1. The van der Waals surface area contributed by atoms with E-state index in [0.717, 1.165) is 48.0 Å². The lowest BCUT2D eigenvalue weighted by molar-refractivity contribution is -0.122. The normalized spacial score (nSPS) is 17.9. The van der Waals surface area contributed by atoms with Gasteiger partial charge in [0.25, 0.3) is 5.91 Å². The van der Waals surface area contributed by atoms with Gasteiger partial charge in [0.2, 0.25) is 5.91 Å². The minimum absolute atomic E-state index is 0.0630. The molecule has 2 aliphatic rings. The monoisotopic (exact) mass is 387 g/mol. The van der Waals surface area contributed by atoms with Crippen LogP contribution in [0.4, 0.5) is 0 Å². The highest BCUT2D eigenvalue weighted by Gasteiger charge is 2.28. The molecule has 2 aromatic rings. The average Bonchev–Trinajstić information content (AvgIpc) is 3.19. The smallest absolute Gasteiger partial charge is 0.255 e. The number of carbonyl (C=O) groups excluding carboxylic acids is 2. The minimum Gasteiger partial charge on any atom is -0.352 e. The molecule has 0 atom stereocenters. The second kappa shape index (κ2) is 7.44. The van der Waals surface area contributed by atoms with Crippen molar-refractivity contribution in [3.05, 3.63) is 34.6 Å². The van der Waals surface area contributed by atoms with E-state index in [-0.39, 0.29) is 11.8 Å². The molecule has 1 saturated heterocycles. The maximum Gasteiger partial charge on any atom is 0.255 e. The zero-order chi connectivity index (χ0) is 19.0. The lowest BCUT2D eigenvalue weighted by Crippen LogP contribution is -2.51. The number of thiazole rings is 1. The first kappa shape index (κ1) is 18.2. The van der Waals surface area contributed by atoms with Crippen LogP contribution in [0.2, 0.25) is 0 Å². The van der Waals surface area contributed by atoms with Crippen molar-refractivity contribution in [3.63, 3.8) is 0 Å². The molecule has 27 heavy (non-hydrogen) atoms. The molecule has 1 aliphatic carbocycles. The lowest BCUT2D eigenvalue weighted by atomic mass is 10.2. The third-order valence-corrected chi connectivity index (χ3v) is 6.00. The number of aryl methyl sites for hydroxylation is 1. The topological polar surface area (TPSA) is 70.5 Å². The van der Waals surface area contributed by atoms with Crippen LogP contribution in [0.25, 0.3) is 5.13 Å². The Morgan fingerprint density at radius 1 is 1.22 bits per heavy atom. The van der Waals surface area contributed by atoms with E-state index in [1.54, 1.807) is 17.5 Å². The van der Waals surface area contributed by atoms with Gasteiger partial charge < -0.3 is 10.2 Å². The molecule has 4 rings (SSSR count). The van der Waals surface area contributed by atoms with E-state index in [2.05, 4.69) is 15.2 Å². The van der Waals surface area contributed by atoms with Gasteiger partial charge in [-0.2, -0.15) is 0 Å². The molecular formula is C19H25N5O2S. The lowest BCUT2D eigenvalue weighted by Gasteiger charge is -2.34. The third-order valence-electron chi connectivity index (χ3n) is 5.24. The van der Waals surface area contributed by atoms with E-state index in [1.165, 1.54) is 0 Å². The van der Waals surface area contributed by atoms with Gasteiger partial charge in [0.1, 0.15) is 0 Å². The number of carbonyl (C=O) groups is 2. The van der Waals surface area contributed by atoms with Gasteiger partial charge in [-0.05, 0) is 32.8 Å². The fourth-order valence-electron chi connectivity index (χ4n) is 3.58. The zero-order valence-electron chi connectivity index (χ0n) is 15.8. The highest BCUT2D eigenvalue weighted by Crippen LogP contribution is 2.24. The summed E-state index contributed by atoms with van der Waals surface area (Å²) in [5.74, 6) is 0.164. The number of aromatic nitrogens is 2. The van der Waals surface area contributed by atoms with Crippen molar-refractivity contribution in [3.8, 4) is 5.13 Å². The Labute approximate surface area is 163 Å². The second-order valence-corrected chi connectivity index (χ2v) is 8.22. The molecule has 2 aromatic heterocycles. The van der Waals surface area contributed by atoms with Crippen molar-refractivity contribution in [2.24, 2.45) is 0 Å². The number of nitrogens with zero attached hydrogens (tertiary/aromatic N) is 4. The van der Waals surface area contributed by atoms with E-state index < -0.39 is 0 Å².